The van der Waals surface area contributed by atoms with Crippen molar-refractivity contribution in [1.82, 2.24) is 5.32 Å². The normalized spacial score (nSPS) is 17.2. The molecule has 1 amide bonds. The van der Waals surface area contributed by atoms with E-state index < -0.39 is 36.2 Å². The van der Waals surface area contributed by atoms with Gasteiger partial charge in [0.1, 0.15) is 24.2 Å². The molecule has 31 heavy (non-hydrogen) atoms. The minimum absolute atomic E-state index is 0.0220. The highest BCUT2D eigenvalue weighted by Crippen LogP contribution is 2.33. The lowest BCUT2D eigenvalue weighted by Gasteiger charge is -2.27. The molecule has 0 aromatic heterocycles. The zero-order valence-corrected chi connectivity index (χ0v) is 18.2. The maximum absolute atomic E-state index is 12.3. The van der Waals surface area contributed by atoms with Crippen molar-refractivity contribution in [2.75, 3.05) is 11.9 Å². The highest BCUT2D eigenvalue weighted by Gasteiger charge is 2.28. The van der Waals surface area contributed by atoms with Gasteiger partial charge >= 0.3 is 12.1 Å². The first-order chi connectivity index (χ1) is 14.5. The number of rotatable bonds is 8. The van der Waals surface area contributed by atoms with E-state index in [2.05, 4.69) is 17.2 Å². The maximum atomic E-state index is 12.3. The summed E-state index contributed by atoms with van der Waals surface area (Å²) >= 11 is 0. The Morgan fingerprint density at radius 1 is 1.35 bits per heavy atom. The summed E-state index contributed by atoms with van der Waals surface area (Å²) in [5.74, 6) is -0.160. The first-order valence-electron chi connectivity index (χ1n) is 9.86. The number of carbonyl (C=O) groups is 2. The van der Waals surface area contributed by atoms with Gasteiger partial charge in [-0.3, -0.25) is 4.79 Å². The second-order valence-electron chi connectivity index (χ2n) is 8.09. The number of ether oxygens (including phenoxy) is 3. The number of aliphatic hydroxyl groups is 2. The molecule has 1 aromatic rings. The number of benzene rings is 1. The van der Waals surface area contributed by atoms with Crippen molar-refractivity contribution in [1.29, 1.82) is 0 Å². The van der Waals surface area contributed by atoms with Crippen molar-refractivity contribution in [3.8, 4) is 5.75 Å². The molecule has 1 heterocycles. The lowest BCUT2D eigenvalue weighted by atomic mass is 10.0. The molecule has 0 aliphatic carbocycles. The molecule has 1 aromatic carbocycles. The number of alkyl carbamates (subject to hydrolysis) is 1. The van der Waals surface area contributed by atoms with Gasteiger partial charge in [-0.15, -0.1) is 0 Å². The van der Waals surface area contributed by atoms with E-state index >= 15 is 0 Å². The first-order valence-corrected chi connectivity index (χ1v) is 9.86. The Bertz CT molecular complexity index is 845. The van der Waals surface area contributed by atoms with Gasteiger partial charge in [0.15, 0.2) is 0 Å². The molecule has 4 N–H and O–H groups in total. The summed E-state index contributed by atoms with van der Waals surface area (Å²) in [7, 11) is 0. The third kappa shape index (κ3) is 7.62. The van der Waals surface area contributed by atoms with Gasteiger partial charge in [-0.05, 0) is 51.5 Å². The summed E-state index contributed by atoms with van der Waals surface area (Å²) in [4.78, 5) is 24.2. The van der Waals surface area contributed by atoms with Crippen LogP contribution in [0.15, 0.2) is 36.9 Å². The summed E-state index contributed by atoms with van der Waals surface area (Å²) in [6.07, 6.45) is -0.543. The van der Waals surface area contributed by atoms with Gasteiger partial charge in [0.2, 0.25) is 6.29 Å². The van der Waals surface area contributed by atoms with Crippen LogP contribution in [0, 0.1) is 0 Å². The monoisotopic (exact) mass is 434 g/mol. The van der Waals surface area contributed by atoms with Crippen LogP contribution in [0.5, 0.6) is 5.75 Å². The van der Waals surface area contributed by atoms with Crippen LogP contribution in [0.2, 0.25) is 0 Å². The SMILES string of the molecule is C=CCOC(=O)NC(CC(=O)OC(C)(C)C)C(O)Nc1ccc2c(c1)OC(O)C=C2C. The minimum Gasteiger partial charge on any atom is -0.461 e. The molecule has 0 radical (unpaired) electrons. The molecule has 0 bridgehead atoms. The van der Waals surface area contributed by atoms with Gasteiger partial charge in [0.05, 0.1) is 12.5 Å². The number of amides is 1. The molecule has 3 unspecified atom stereocenters. The van der Waals surface area contributed by atoms with E-state index in [1.807, 2.05) is 6.92 Å². The van der Waals surface area contributed by atoms with Gasteiger partial charge in [-0.2, -0.15) is 0 Å². The quantitative estimate of drug-likeness (QED) is 0.279. The van der Waals surface area contributed by atoms with Crippen LogP contribution in [0.3, 0.4) is 0 Å². The average molecular weight is 434 g/mol. The molecule has 1 aliphatic rings. The average Bonchev–Trinajstić information content (AvgIpc) is 2.63. The Balaban J connectivity index is 2.14. The standard InChI is InChI=1S/C22H30N2O7/c1-6-9-29-21(28)24-16(12-19(26)31-22(3,4)5)20(27)23-14-7-8-15-13(2)10-18(25)30-17(15)11-14/h6-8,10-11,16,18,20,23,25,27H,1,9,12H2,2-5H3,(H,24,28). The minimum atomic E-state index is -1.35. The number of esters is 1. The highest BCUT2D eigenvalue weighted by atomic mass is 16.6. The molecule has 0 fully saturated rings. The number of fused-ring (bicyclic) bond motifs is 1. The second kappa shape index (κ2) is 10.3. The van der Waals surface area contributed by atoms with Crippen molar-refractivity contribution >= 4 is 23.3 Å². The number of hydrogen-bond donors (Lipinski definition) is 4. The van der Waals surface area contributed by atoms with E-state index in [0.29, 0.717) is 11.4 Å². The first kappa shape index (κ1) is 24.2. The predicted molar refractivity (Wildman–Crippen MR) is 115 cm³/mol. The predicted octanol–water partition coefficient (Wildman–Crippen LogP) is 2.54. The van der Waals surface area contributed by atoms with Gasteiger partial charge in [-0.25, -0.2) is 4.79 Å². The number of hydrogen-bond acceptors (Lipinski definition) is 8. The van der Waals surface area contributed by atoms with Crippen molar-refractivity contribution in [3.05, 3.63) is 42.5 Å². The summed E-state index contributed by atoms with van der Waals surface area (Å²) in [5.41, 5.74) is 1.41. The van der Waals surface area contributed by atoms with Crippen LogP contribution in [0.4, 0.5) is 10.5 Å². The van der Waals surface area contributed by atoms with Gasteiger partial charge in [0, 0.05) is 17.3 Å². The summed E-state index contributed by atoms with van der Waals surface area (Å²) in [6, 6.07) is 4.05. The van der Waals surface area contributed by atoms with Crippen molar-refractivity contribution in [3.63, 3.8) is 0 Å². The van der Waals surface area contributed by atoms with E-state index in [1.165, 1.54) is 6.08 Å². The maximum Gasteiger partial charge on any atom is 0.407 e. The van der Waals surface area contributed by atoms with E-state index in [-0.39, 0.29) is 13.0 Å². The largest absolute Gasteiger partial charge is 0.461 e. The molecule has 170 valence electrons. The molecular weight excluding hydrogens is 404 g/mol. The van der Waals surface area contributed by atoms with Crippen molar-refractivity contribution < 1.29 is 34.0 Å². The zero-order valence-electron chi connectivity index (χ0n) is 18.2. The summed E-state index contributed by atoms with van der Waals surface area (Å²) in [6.45, 7) is 10.5. The van der Waals surface area contributed by atoms with Crippen LogP contribution >= 0.6 is 0 Å². The molecule has 9 nitrogen and oxygen atoms in total. The van der Waals surface area contributed by atoms with Gasteiger partial charge in [-0.1, -0.05) is 12.7 Å². The number of aliphatic hydroxyl groups excluding tert-OH is 2. The Hall–Kier alpha value is -3.04. The van der Waals surface area contributed by atoms with Gasteiger partial charge in [0.25, 0.3) is 0 Å². The van der Waals surface area contributed by atoms with E-state index in [1.54, 1.807) is 45.0 Å². The lowest BCUT2D eigenvalue weighted by Crippen LogP contribution is -2.48. The molecule has 9 heteroatoms. The van der Waals surface area contributed by atoms with Crippen molar-refractivity contribution in [2.24, 2.45) is 0 Å². The zero-order chi connectivity index (χ0) is 23.2. The fourth-order valence-electron chi connectivity index (χ4n) is 2.91. The fraction of sp³-hybridized carbons (Fsp3) is 0.455. The topological polar surface area (TPSA) is 126 Å². The van der Waals surface area contributed by atoms with E-state index in [9.17, 15) is 19.8 Å². The molecule has 0 spiro atoms. The molecule has 1 aliphatic heterocycles. The van der Waals surface area contributed by atoms with Gasteiger partial charge < -0.3 is 35.1 Å². The fourth-order valence-corrected chi connectivity index (χ4v) is 2.91. The Morgan fingerprint density at radius 3 is 2.71 bits per heavy atom. The number of anilines is 1. The molecular formula is C22H30N2O7. The Morgan fingerprint density at radius 2 is 2.06 bits per heavy atom. The van der Waals surface area contributed by atoms with Crippen LogP contribution in [0.25, 0.3) is 5.57 Å². The van der Waals surface area contributed by atoms with Crippen LogP contribution < -0.4 is 15.4 Å². The summed E-state index contributed by atoms with van der Waals surface area (Å²) in [5, 5.41) is 25.7. The molecule has 0 saturated carbocycles. The Labute approximate surface area is 181 Å². The van der Waals surface area contributed by atoms with Crippen LogP contribution in [0.1, 0.15) is 39.7 Å². The highest BCUT2D eigenvalue weighted by molar-refractivity contribution is 5.74. The van der Waals surface area contributed by atoms with Crippen LogP contribution in [-0.4, -0.2) is 53.0 Å². The number of allylic oxidation sites excluding steroid dienone is 1. The summed E-state index contributed by atoms with van der Waals surface area (Å²) < 4.78 is 15.6. The molecule has 2 rings (SSSR count). The van der Waals surface area contributed by atoms with E-state index in [4.69, 9.17) is 14.2 Å². The van der Waals surface area contributed by atoms with Crippen molar-refractivity contribution in [2.45, 2.75) is 58.3 Å². The second-order valence-corrected chi connectivity index (χ2v) is 8.09. The lowest BCUT2D eigenvalue weighted by molar-refractivity contribution is -0.156. The van der Waals surface area contributed by atoms with E-state index in [0.717, 1.165) is 11.1 Å². The van der Waals surface area contributed by atoms with Crippen LogP contribution in [-0.2, 0) is 14.3 Å². The third-order valence-corrected chi connectivity index (χ3v) is 4.18. The smallest absolute Gasteiger partial charge is 0.407 e. The number of carbonyl (C=O) groups excluding carboxylic acids is 2. The number of nitrogens with one attached hydrogen (secondary N) is 2. The molecule has 0 saturated heterocycles. The Kier molecular flexibility index (Phi) is 8.07. The third-order valence-electron chi connectivity index (χ3n) is 4.18. The molecule has 3 atom stereocenters.